The highest BCUT2D eigenvalue weighted by molar-refractivity contribution is 8.01. The number of carbonyl (C=O) groups excluding carboxylic acids is 1. The molecule has 0 saturated heterocycles. The van der Waals surface area contributed by atoms with Crippen molar-refractivity contribution in [3.05, 3.63) is 11.1 Å². The molecular weight excluding hydrogens is 264 g/mol. The van der Waals surface area contributed by atoms with E-state index in [9.17, 15) is 4.79 Å². The zero-order chi connectivity index (χ0) is 13.4. The van der Waals surface area contributed by atoms with Gasteiger partial charge in [-0.25, -0.2) is 4.98 Å². The first kappa shape index (κ1) is 15.5. The highest BCUT2D eigenvalue weighted by atomic mass is 32.2. The first-order valence-electron chi connectivity index (χ1n) is 6.46. The molecule has 0 saturated carbocycles. The van der Waals surface area contributed by atoms with E-state index in [0.717, 1.165) is 16.5 Å². The smallest absolute Gasteiger partial charge is 0.230 e. The van der Waals surface area contributed by atoms with Crippen molar-refractivity contribution in [1.82, 2.24) is 10.3 Å². The number of thioether (sulfide) groups is 1. The quantitative estimate of drug-likeness (QED) is 0.586. The molecule has 18 heavy (non-hydrogen) atoms. The predicted octanol–water partition coefficient (Wildman–Crippen LogP) is 3.63. The van der Waals surface area contributed by atoms with Crippen LogP contribution in [0.5, 0.6) is 0 Å². The van der Waals surface area contributed by atoms with Crippen molar-refractivity contribution in [2.75, 3.05) is 5.75 Å². The molecule has 1 unspecified atom stereocenters. The highest BCUT2D eigenvalue weighted by Crippen LogP contribution is 2.21. The fraction of sp³-hybridized carbons (Fsp3) is 0.692. The molecule has 1 atom stereocenters. The maximum absolute atomic E-state index is 11.7. The van der Waals surface area contributed by atoms with Crippen molar-refractivity contribution in [3.63, 3.8) is 0 Å². The fourth-order valence-corrected chi connectivity index (χ4v) is 3.28. The lowest BCUT2D eigenvalue weighted by atomic mass is 10.1. The molecule has 1 aromatic rings. The lowest BCUT2D eigenvalue weighted by Crippen LogP contribution is -2.33. The Balaban J connectivity index is 2.16. The number of amides is 1. The van der Waals surface area contributed by atoms with E-state index in [0.29, 0.717) is 5.75 Å². The maximum Gasteiger partial charge on any atom is 0.230 e. The van der Waals surface area contributed by atoms with Crippen molar-refractivity contribution in [1.29, 1.82) is 0 Å². The number of aryl methyl sites for hydroxylation is 1. The molecule has 102 valence electrons. The molecular formula is C13H22N2OS2. The number of hydrogen-bond donors (Lipinski definition) is 1. The van der Waals surface area contributed by atoms with Crippen LogP contribution in [-0.4, -0.2) is 22.7 Å². The summed E-state index contributed by atoms with van der Waals surface area (Å²) in [6.07, 6.45) is 4.73. The summed E-state index contributed by atoms with van der Waals surface area (Å²) in [7, 11) is 0. The van der Waals surface area contributed by atoms with Gasteiger partial charge in [0.05, 0.1) is 5.75 Å². The summed E-state index contributed by atoms with van der Waals surface area (Å²) in [5, 5.41) is 5.04. The van der Waals surface area contributed by atoms with Crippen LogP contribution in [0, 0.1) is 6.92 Å². The van der Waals surface area contributed by atoms with Gasteiger partial charge in [0, 0.05) is 17.1 Å². The van der Waals surface area contributed by atoms with E-state index in [4.69, 9.17) is 0 Å². The first-order chi connectivity index (χ1) is 8.61. The largest absolute Gasteiger partial charge is 0.353 e. The van der Waals surface area contributed by atoms with Gasteiger partial charge in [0.25, 0.3) is 0 Å². The second-order valence-electron chi connectivity index (χ2n) is 4.51. The molecule has 0 aromatic carbocycles. The minimum Gasteiger partial charge on any atom is -0.353 e. The lowest BCUT2D eigenvalue weighted by molar-refractivity contribution is -0.119. The van der Waals surface area contributed by atoms with Crippen molar-refractivity contribution in [2.24, 2.45) is 0 Å². The Hall–Kier alpha value is -0.550. The van der Waals surface area contributed by atoms with E-state index in [2.05, 4.69) is 24.1 Å². The third kappa shape index (κ3) is 6.40. The molecule has 0 aliphatic rings. The number of thiazole rings is 1. The third-order valence-electron chi connectivity index (χ3n) is 2.57. The summed E-state index contributed by atoms with van der Waals surface area (Å²) in [4.78, 5) is 16.0. The van der Waals surface area contributed by atoms with Crippen LogP contribution in [-0.2, 0) is 4.79 Å². The van der Waals surface area contributed by atoms with Gasteiger partial charge in [-0.1, -0.05) is 37.9 Å². The Morgan fingerprint density at radius 2 is 2.33 bits per heavy atom. The molecule has 1 N–H and O–H groups in total. The normalized spacial score (nSPS) is 12.4. The molecule has 0 aliphatic carbocycles. The van der Waals surface area contributed by atoms with Crippen molar-refractivity contribution in [2.45, 2.75) is 56.8 Å². The Bertz CT molecular complexity index is 366. The van der Waals surface area contributed by atoms with Gasteiger partial charge in [-0.15, -0.1) is 11.3 Å². The zero-order valence-corrected chi connectivity index (χ0v) is 13.0. The molecule has 0 aliphatic heterocycles. The van der Waals surface area contributed by atoms with Gasteiger partial charge >= 0.3 is 0 Å². The topological polar surface area (TPSA) is 42.0 Å². The fourth-order valence-electron chi connectivity index (χ4n) is 1.62. The molecule has 1 heterocycles. The first-order valence-corrected chi connectivity index (χ1v) is 8.32. The average Bonchev–Trinajstić information content (AvgIpc) is 2.73. The molecule has 0 fully saturated rings. The average molecular weight is 286 g/mol. The Kier molecular flexibility index (Phi) is 7.35. The molecule has 0 bridgehead atoms. The number of nitrogens with one attached hydrogen (secondary N) is 1. The number of carbonyl (C=O) groups is 1. The van der Waals surface area contributed by atoms with Gasteiger partial charge < -0.3 is 5.32 Å². The van der Waals surface area contributed by atoms with E-state index in [1.807, 2.05) is 12.3 Å². The number of hydrogen-bond acceptors (Lipinski definition) is 4. The second-order valence-corrected chi connectivity index (χ2v) is 6.59. The number of rotatable bonds is 8. The van der Waals surface area contributed by atoms with E-state index < -0.39 is 0 Å². The minimum atomic E-state index is 0.108. The highest BCUT2D eigenvalue weighted by Gasteiger charge is 2.08. The van der Waals surface area contributed by atoms with Gasteiger partial charge in [-0.3, -0.25) is 4.79 Å². The summed E-state index contributed by atoms with van der Waals surface area (Å²) in [6.45, 7) is 6.23. The van der Waals surface area contributed by atoms with Crippen LogP contribution in [0.4, 0.5) is 0 Å². The van der Waals surface area contributed by atoms with Crippen LogP contribution in [0.2, 0.25) is 0 Å². The van der Waals surface area contributed by atoms with E-state index in [-0.39, 0.29) is 11.9 Å². The summed E-state index contributed by atoms with van der Waals surface area (Å²) in [5.41, 5.74) is 1.02. The van der Waals surface area contributed by atoms with E-state index in [1.54, 1.807) is 11.3 Å². The molecule has 0 spiro atoms. The molecule has 1 aromatic heterocycles. The SMILES string of the molecule is CCCCCC(C)NC(=O)CSc1nc(C)cs1. The van der Waals surface area contributed by atoms with Crippen molar-refractivity contribution >= 4 is 29.0 Å². The zero-order valence-electron chi connectivity index (χ0n) is 11.4. The van der Waals surface area contributed by atoms with Gasteiger partial charge in [-0.2, -0.15) is 0 Å². The van der Waals surface area contributed by atoms with E-state index in [1.165, 1.54) is 31.0 Å². The van der Waals surface area contributed by atoms with Crippen LogP contribution in [0.1, 0.15) is 45.2 Å². The summed E-state index contributed by atoms with van der Waals surface area (Å²) in [5.74, 6) is 0.572. The van der Waals surface area contributed by atoms with Crippen LogP contribution in [0.15, 0.2) is 9.72 Å². The Morgan fingerprint density at radius 1 is 1.56 bits per heavy atom. The lowest BCUT2D eigenvalue weighted by Gasteiger charge is -2.12. The van der Waals surface area contributed by atoms with Crippen molar-refractivity contribution in [3.8, 4) is 0 Å². The van der Waals surface area contributed by atoms with Crippen molar-refractivity contribution < 1.29 is 4.79 Å². The summed E-state index contributed by atoms with van der Waals surface area (Å²) < 4.78 is 0.973. The van der Waals surface area contributed by atoms with Crippen LogP contribution in [0.3, 0.4) is 0 Å². The molecule has 0 radical (unpaired) electrons. The van der Waals surface area contributed by atoms with Crippen LogP contribution < -0.4 is 5.32 Å². The number of aromatic nitrogens is 1. The number of unbranched alkanes of at least 4 members (excludes halogenated alkanes) is 2. The third-order valence-corrected chi connectivity index (χ3v) is 4.71. The van der Waals surface area contributed by atoms with E-state index >= 15 is 0 Å². The van der Waals surface area contributed by atoms with Gasteiger partial charge in [0.15, 0.2) is 4.34 Å². The molecule has 5 heteroatoms. The maximum atomic E-state index is 11.7. The standard InChI is InChI=1S/C13H22N2OS2/c1-4-5-6-7-10(2)14-12(16)9-18-13-15-11(3)8-17-13/h8,10H,4-7,9H2,1-3H3,(H,14,16). The van der Waals surface area contributed by atoms with Gasteiger partial charge in [-0.05, 0) is 20.3 Å². The Morgan fingerprint density at radius 3 is 2.94 bits per heavy atom. The Labute approximate surface area is 118 Å². The van der Waals surface area contributed by atoms with Gasteiger partial charge in [0.2, 0.25) is 5.91 Å². The summed E-state index contributed by atoms with van der Waals surface area (Å²) in [6, 6.07) is 0.280. The summed E-state index contributed by atoms with van der Waals surface area (Å²) >= 11 is 3.11. The second kappa shape index (κ2) is 8.53. The number of nitrogens with zero attached hydrogens (tertiary/aromatic N) is 1. The predicted molar refractivity (Wildman–Crippen MR) is 79.3 cm³/mol. The molecule has 1 rings (SSSR count). The molecule has 3 nitrogen and oxygen atoms in total. The molecule has 1 amide bonds. The minimum absolute atomic E-state index is 0.108. The van der Waals surface area contributed by atoms with Crippen LogP contribution >= 0.6 is 23.1 Å². The van der Waals surface area contributed by atoms with Crippen LogP contribution in [0.25, 0.3) is 0 Å². The van der Waals surface area contributed by atoms with Gasteiger partial charge in [0.1, 0.15) is 0 Å². The monoisotopic (exact) mass is 286 g/mol.